The van der Waals surface area contributed by atoms with E-state index in [1.165, 1.54) is 19.4 Å². The SMILES string of the molecule is CC(NC(=O)C(Cc1cnc[nH]1)NC(=O)C(CCC(=O)O)NC(=O)C(N)Cc1ccccc1)C(=O)O. The molecule has 0 aliphatic carbocycles. The first kappa shape index (κ1) is 28.0. The van der Waals surface area contributed by atoms with Crippen molar-refractivity contribution < 1.29 is 34.2 Å². The Morgan fingerprint density at radius 1 is 0.944 bits per heavy atom. The highest BCUT2D eigenvalue weighted by atomic mass is 16.4. The molecule has 0 aliphatic rings. The summed E-state index contributed by atoms with van der Waals surface area (Å²) in [6.45, 7) is 1.26. The van der Waals surface area contributed by atoms with Gasteiger partial charge in [-0.15, -0.1) is 0 Å². The highest BCUT2D eigenvalue weighted by Crippen LogP contribution is 2.06. The van der Waals surface area contributed by atoms with E-state index in [1.54, 1.807) is 24.3 Å². The second kappa shape index (κ2) is 13.6. The fraction of sp³-hybridized carbons (Fsp3) is 0.391. The number of carboxylic acids is 2. The van der Waals surface area contributed by atoms with E-state index < -0.39 is 60.2 Å². The van der Waals surface area contributed by atoms with Gasteiger partial charge in [0, 0.05) is 24.7 Å². The van der Waals surface area contributed by atoms with Gasteiger partial charge in [-0.05, 0) is 25.3 Å². The fourth-order valence-corrected chi connectivity index (χ4v) is 3.25. The fourth-order valence-electron chi connectivity index (χ4n) is 3.25. The molecule has 13 heteroatoms. The Bertz CT molecular complexity index is 1040. The zero-order valence-corrected chi connectivity index (χ0v) is 19.6. The molecule has 3 amide bonds. The van der Waals surface area contributed by atoms with Crippen LogP contribution in [0.4, 0.5) is 0 Å². The molecule has 4 atom stereocenters. The van der Waals surface area contributed by atoms with E-state index >= 15 is 0 Å². The van der Waals surface area contributed by atoms with Crippen LogP contribution in [0, 0.1) is 0 Å². The van der Waals surface area contributed by atoms with Gasteiger partial charge in [0.2, 0.25) is 17.7 Å². The smallest absolute Gasteiger partial charge is 0.325 e. The first-order valence-electron chi connectivity index (χ1n) is 11.2. The Kier molecular flexibility index (Phi) is 10.6. The number of aromatic nitrogens is 2. The highest BCUT2D eigenvalue weighted by Gasteiger charge is 2.30. The van der Waals surface area contributed by atoms with Crippen LogP contribution in [-0.4, -0.2) is 74.0 Å². The molecule has 13 nitrogen and oxygen atoms in total. The zero-order chi connectivity index (χ0) is 26.7. The lowest BCUT2D eigenvalue weighted by Gasteiger charge is -2.24. The van der Waals surface area contributed by atoms with Crippen molar-refractivity contribution >= 4 is 29.7 Å². The van der Waals surface area contributed by atoms with E-state index in [2.05, 4.69) is 25.9 Å². The number of aromatic amines is 1. The molecule has 36 heavy (non-hydrogen) atoms. The summed E-state index contributed by atoms with van der Waals surface area (Å²) in [4.78, 5) is 67.3. The third-order valence-corrected chi connectivity index (χ3v) is 5.26. The molecule has 2 rings (SSSR count). The Labute approximate surface area is 206 Å². The number of hydrogen-bond acceptors (Lipinski definition) is 7. The molecule has 1 aromatic carbocycles. The molecule has 1 aromatic heterocycles. The van der Waals surface area contributed by atoms with E-state index in [0.717, 1.165) is 5.56 Å². The molecule has 0 aliphatic heterocycles. The molecule has 1 heterocycles. The summed E-state index contributed by atoms with van der Waals surface area (Å²) in [5, 5.41) is 25.4. The van der Waals surface area contributed by atoms with Crippen LogP contribution >= 0.6 is 0 Å². The zero-order valence-electron chi connectivity index (χ0n) is 19.6. The summed E-state index contributed by atoms with van der Waals surface area (Å²) in [5.41, 5.74) is 7.27. The minimum atomic E-state index is -1.30. The van der Waals surface area contributed by atoms with Crippen molar-refractivity contribution in [2.75, 3.05) is 0 Å². The number of aliphatic carboxylic acids is 2. The number of hydrogen-bond donors (Lipinski definition) is 7. The lowest BCUT2D eigenvalue weighted by molar-refractivity contribution is -0.141. The average molecular weight is 503 g/mol. The Balaban J connectivity index is 2.14. The lowest BCUT2D eigenvalue weighted by atomic mass is 10.0. The predicted octanol–water partition coefficient (Wildman–Crippen LogP) is -1.05. The van der Waals surface area contributed by atoms with Crippen molar-refractivity contribution in [3.8, 4) is 0 Å². The maximum absolute atomic E-state index is 13.1. The first-order valence-corrected chi connectivity index (χ1v) is 11.2. The van der Waals surface area contributed by atoms with Crippen molar-refractivity contribution in [2.24, 2.45) is 5.73 Å². The van der Waals surface area contributed by atoms with Gasteiger partial charge in [0.05, 0.1) is 12.4 Å². The van der Waals surface area contributed by atoms with Crippen molar-refractivity contribution in [3.63, 3.8) is 0 Å². The molecule has 8 N–H and O–H groups in total. The number of benzene rings is 1. The number of carboxylic acid groups (broad SMARTS) is 2. The summed E-state index contributed by atoms with van der Waals surface area (Å²) in [6.07, 6.45) is 2.25. The predicted molar refractivity (Wildman–Crippen MR) is 126 cm³/mol. The Hall–Kier alpha value is -4.26. The quantitative estimate of drug-likeness (QED) is 0.167. The topological polar surface area (TPSA) is 217 Å². The van der Waals surface area contributed by atoms with Crippen molar-refractivity contribution in [2.45, 2.75) is 56.8 Å². The summed E-state index contributed by atoms with van der Waals surface area (Å²) in [6, 6.07) is 4.21. The summed E-state index contributed by atoms with van der Waals surface area (Å²) in [5.74, 6) is -4.72. The molecule has 0 spiro atoms. The number of carbonyl (C=O) groups excluding carboxylic acids is 3. The Morgan fingerprint density at radius 3 is 2.17 bits per heavy atom. The van der Waals surface area contributed by atoms with Gasteiger partial charge < -0.3 is 36.9 Å². The second-order valence-corrected chi connectivity index (χ2v) is 8.20. The number of rotatable bonds is 14. The Morgan fingerprint density at radius 2 is 1.58 bits per heavy atom. The third kappa shape index (κ3) is 9.18. The van der Waals surface area contributed by atoms with Crippen molar-refractivity contribution in [1.29, 1.82) is 0 Å². The maximum Gasteiger partial charge on any atom is 0.325 e. The van der Waals surface area contributed by atoms with Gasteiger partial charge in [-0.1, -0.05) is 30.3 Å². The van der Waals surface area contributed by atoms with Gasteiger partial charge >= 0.3 is 11.9 Å². The summed E-state index contributed by atoms with van der Waals surface area (Å²) in [7, 11) is 0. The summed E-state index contributed by atoms with van der Waals surface area (Å²) >= 11 is 0. The van der Waals surface area contributed by atoms with E-state index in [9.17, 15) is 24.0 Å². The number of carbonyl (C=O) groups is 5. The van der Waals surface area contributed by atoms with Gasteiger partial charge in [0.25, 0.3) is 0 Å². The largest absolute Gasteiger partial charge is 0.481 e. The number of imidazole rings is 1. The van der Waals surface area contributed by atoms with E-state index in [1.807, 2.05) is 6.07 Å². The lowest BCUT2D eigenvalue weighted by Crippen LogP contribution is -2.57. The highest BCUT2D eigenvalue weighted by molar-refractivity contribution is 5.94. The monoisotopic (exact) mass is 502 g/mol. The van der Waals surface area contributed by atoms with Gasteiger partial charge in [-0.2, -0.15) is 0 Å². The standard InChI is InChI=1S/C23H30N6O7/c1-13(23(35)36)27-22(34)18(10-15-11-25-12-26-15)29-21(33)17(7-8-19(30)31)28-20(32)16(24)9-14-5-3-2-4-6-14/h2-6,11-13,16-18H,7-10,24H2,1H3,(H,25,26)(H,27,34)(H,28,32)(H,29,33)(H,30,31)(H,35,36). The van der Waals surface area contributed by atoms with Gasteiger partial charge in [-0.3, -0.25) is 24.0 Å². The second-order valence-electron chi connectivity index (χ2n) is 8.20. The normalized spacial score (nSPS) is 14.1. The molecule has 194 valence electrons. The number of amides is 3. The van der Waals surface area contributed by atoms with Crippen LogP contribution in [-0.2, 0) is 36.8 Å². The molecular formula is C23H30N6O7. The number of H-pyrrole nitrogens is 1. The molecule has 0 saturated carbocycles. The van der Waals surface area contributed by atoms with Crippen LogP contribution in [0.25, 0.3) is 0 Å². The molecule has 0 radical (unpaired) electrons. The summed E-state index contributed by atoms with van der Waals surface area (Å²) < 4.78 is 0. The van der Waals surface area contributed by atoms with E-state index in [4.69, 9.17) is 15.9 Å². The molecule has 0 bridgehead atoms. The van der Waals surface area contributed by atoms with Crippen LogP contribution in [0.1, 0.15) is 31.0 Å². The molecule has 0 fully saturated rings. The van der Waals surface area contributed by atoms with Gasteiger partial charge in [0.15, 0.2) is 0 Å². The molecule has 0 saturated heterocycles. The molecule has 4 unspecified atom stereocenters. The number of nitrogens with one attached hydrogen (secondary N) is 4. The number of nitrogens with zero attached hydrogens (tertiary/aromatic N) is 1. The first-order chi connectivity index (χ1) is 17.1. The average Bonchev–Trinajstić information content (AvgIpc) is 3.34. The van der Waals surface area contributed by atoms with E-state index in [-0.39, 0.29) is 19.3 Å². The van der Waals surface area contributed by atoms with Crippen molar-refractivity contribution in [1.82, 2.24) is 25.9 Å². The van der Waals surface area contributed by atoms with Gasteiger partial charge in [-0.25, -0.2) is 4.98 Å². The maximum atomic E-state index is 13.1. The van der Waals surface area contributed by atoms with Crippen LogP contribution in [0.15, 0.2) is 42.9 Å². The number of nitrogens with two attached hydrogens (primary N) is 1. The van der Waals surface area contributed by atoms with Crippen molar-refractivity contribution in [3.05, 3.63) is 54.1 Å². The minimum Gasteiger partial charge on any atom is -0.481 e. The van der Waals surface area contributed by atoms with E-state index in [0.29, 0.717) is 5.69 Å². The van der Waals surface area contributed by atoms with Crippen LogP contribution in [0.3, 0.4) is 0 Å². The molecular weight excluding hydrogens is 472 g/mol. The van der Waals surface area contributed by atoms with Gasteiger partial charge in [0.1, 0.15) is 18.1 Å². The van der Waals surface area contributed by atoms with Crippen LogP contribution in [0.5, 0.6) is 0 Å². The molecule has 2 aromatic rings. The minimum absolute atomic E-state index is 0.0585. The third-order valence-electron chi connectivity index (χ3n) is 5.26. The van der Waals surface area contributed by atoms with Crippen LogP contribution in [0.2, 0.25) is 0 Å². The van der Waals surface area contributed by atoms with Crippen LogP contribution < -0.4 is 21.7 Å².